The number of rotatable bonds is 5. The summed E-state index contributed by atoms with van der Waals surface area (Å²) in [6.07, 6.45) is 12.7. The largest absolute Gasteiger partial charge is 0.383 e. The van der Waals surface area contributed by atoms with Crippen molar-refractivity contribution < 1.29 is 0 Å². The third-order valence-corrected chi connectivity index (χ3v) is 3.74. The molecule has 0 radical (unpaired) electrons. The molecule has 2 N–H and O–H groups in total. The molecule has 1 aliphatic rings. The van der Waals surface area contributed by atoms with Gasteiger partial charge in [-0.3, -0.25) is 4.99 Å². The molecule has 1 aliphatic heterocycles. The lowest BCUT2D eigenvalue weighted by Gasteiger charge is -2.16. The number of allylic oxidation sites excluding steroid dienone is 8. The molecule has 124 valence electrons. The van der Waals surface area contributed by atoms with Crippen LogP contribution in [0.5, 0.6) is 0 Å². The molecular formula is C21H30N2. The molecule has 0 atom stereocenters. The zero-order valence-electron chi connectivity index (χ0n) is 15.2. The van der Waals surface area contributed by atoms with E-state index in [2.05, 4.69) is 62.7 Å². The van der Waals surface area contributed by atoms with Gasteiger partial charge in [0.15, 0.2) is 0 Å². The van der Waals surface area contributed by atoms with E-state index in [0.29, 0.717) is 5.84 Å². The highest BCUT2D eigenvalue weighted by atomic mass is 14.9. The first kappa shape index (κ1) is 19.0. The van der Waals surface area contributed by atoms with Crippen molar-refractivity contribution in [1.29, 1.82) is 0 Å². The Morgan fingerprint density at radius 3 is 2.61 bits per heavy atom. The van der Waals surface area contributed by atoms with Crippen LogP contribution in [0, 0.1) is 0 Å². The number of hydrogen-bond donors (Lipinski definition) is 1. The highest BCUT2D eigenvalue weighted by Gasteiger charge is 2.17. The molecule has 23 heavy (non-hydrogen) atoms. The van der Waals surface area contributed by atoms with E-state index in [4.69, 9.17) is 5.73 Å². The molecule has 0 aromatic carbocycles. The summed E-state index contributed by atoms with van der Waals surface area (Å²) in [5.74, 6) is 0.625. The van der Waals surface area contributed by atoms with E-state index in [1.54, 1.807) is 0 Å². The van der Waals surface area contributed by atoms with Gasteiger partial charge < -0.3 is 5.73 Å². The Kier molecular flexibility index (Phi) is 7.53. The van der Waals surface area contributed by atoms with E-state index < -0.39 is 0 Å². The molecule has 1 heterocycles. The van der Waals surface area contributed by atoms with Gasteiger partial charge in [-0.05, 0) is 63.3 Å². The van der Waals surface area contributed by atoms with Gasteiger partial charge in [-0.25, -0.2) is 0 Å². The van der Waals surface area contributed by atoms with Gasteiger partial charge in [0.05, 0.1) is 0 Å². The van der Waals surface area contributed by atoms with Crippen molar-refractivity contribution in [3.63, 3.8) is 0 Å². The molecule has 0 aromatic heterocycles. The van der Waals surface area contributed by atoms with E-state index in [1.807, 2.05) is 13.8 Å². The zero-order valence-corrected chi connectivity index (χ0v) is 15.2. The Morgan fingerprint density at radius 1 is 1.35 bits per heavy atom. The number of hydrogen-bond acceptors (Lipinski definition) is 2. The summed E-state index contributed by atoms with van der Waals surface area (Å²) in [5, 5.41) is 0. The summed E-state index contributed by atoms with van der Waals surface area (Å²) in [6.45, 7) is 15.2. The Hall–Kier alpha value is -2.09. The zero-order chi connectivity index (χ0) is 17.4. The first-order valence-corrected chi connectivity index (χ1v) is 8.30. The molecule has 1 rings (SSSR count). The van der Waals surface area contributed by atoms with Gasteiger partial charge in [0.1, 0.15) is 5.84 Å². The number of nitrogens with zero attached hydrogens (tertiary/aromatic N) is 1. The Balaban J connectivity index is 3.51. The first-order valence-electron chi connectivity index (χ1n) is 8.30. The van der Waals surface area contributed by atoms with Crippen molar-refractivity contribution >= 4 is 5.84 Å². The predicted molar refractivity (Wildman–Crippen MR) is 104 cm³/mol. The number of aliphatic imine (C=N–C) groups is 1. The summed E-state index contributed by atoms with van der Waals surface area (Å²) < 4.78 is 0. The normalized spacial score (nSPS) is 19.3. The van der Waals surface area contributed by atoms with Crippen LogP contribution in [0.3, 0.4) is 0 Å². The maximum atomic E-state index is 6.26. The van der Waals surface area contributed by atoms with Crippen LogP contribution in [0.1, 0.15) is 47.5 Å². The molecule has 0 unspecified atom stereocenters. The molecular weight excluding hydrogens is 280 g/mol. The lowest BCUT2D eigenvalue weighted by Crippen LogP contribution is -2.17. The molecule has 0 saturated heterocycles. The van der Waals surface area contributed by atoms with Crippen LogP contribution in [-0.4, -0.2) is 12.4 Å². The van der Waals surface area contributed by atoms with Crippen molar-refractivity contribution in [2.75, 3.05) is 6.54 Å². The maximum absolute atomic E-state index is 6.26. The minimum atomic E-state index is 0.625. The van der Waals surface area contributed by atoms with E-state index in [0.717, 1.165) is 30.5 Å². The fourth-order valence-electron chi connectivity index (χ4n) is 2.58. The van der Waals surface area contributed by atoms with Crippen LogP contribution >= 0.6 is 0 Å². The van der Waals surface area contributed by atoms with Gasteiger partial charge >= 0.3 is 0 Å². The van der Waals surface area contributed by atoms with Crippen LogP contribution in [0.2, 0.25) is 0 Å². The predicted octanol–water partition coefficient (Wildman–Crippen LogP) is 5.43. The second-order valence-electron chi connectivity index (χ2n) is 5.96. The smallest absolute Gasteiger partial charge is 0.126 e. The lowest BCUT2D eigenvalue weighted by molar-refractivity contribution is 1.01. The van der Waals surface area contributed by atoms with Crippen molar-refractivity contribution in [2.24, 2.45) is 10.7 Å². The molecule has 2 heteroatoms. The average Bonchev–Trinajstić information content (AvgIpc) is 2.66. The molecule has 0 spiro atoms. The van der Waals surface area contributed by atoms with Crippen molar-refractivity contribution in [1.82, 2.24) is 0 Å². The Morgan fingerprint density at radius 2 is 2.04 bits per heavy atom. The van der Waals surface area contributed by atoms with Gasteiger partial charge in [0.25, 0.3) is 0 Å². The maximum Gasteiger partial charge on any atom is 0.126 e. The summed E-state index contributed by atoms with van der Waals surface area (Å²) >= 11 is 0. The fourth-order valence-corrected chi connectivity index (χ4v) is 2.58. The van der Waals surface area contributed by atoms with Gasteiger partial charge in [-0.15, -0.1) is 0 Å². The summed E-state index contributed by atoms with van der Waals surface area (Å²) in [4.78, 5) is 4.49. The highest BCUT2D eigenvalue weighted by Crippen LogP contribution is 2.30. The van der Waals surface area contributed by atoms with Crippen LogP contribution in [0.4, 0.5) is 0 Å². The Labute approximate surface area is 141 Å². The summed E-state index contributed by atoms with van der Waals surface area (Å²) in [7, 11) is 0. The first-order chi connectivity index (χ1) is 10.9. The van der Waals surface area contributed by atoms with E-state index in [9.17, 15) is 0 Å². The quantitative estimate of drug-likeness (QED) is 0.676. The summed E-state index contributed by atoms with van der Waals surface area (Å²) in [5.41, 5.74) is 13.1. The average molecular weight is 310 g/mol. The molecule has 0 amide bonds. The van der Waals surface area contributed by atoms with Gasteiger partial charge in [-0.1, -0.05) is 49.0 Å². The minimum Gasteiger partial charge on any atom is -0.383 e. The van der Waals surface area contributed by atoms with E-state index in [-0.39, 0.29) is 0 Å². The van der Waals surface area contributed by atoms with Gasteiger partial charge in [-0.2, -0.15) is 0 Å². The van der Waals surface area contributed by atoms with Crippen LogP contribution in [0.15, 0.2) is 75.4 Å². The molecule has 0 aliphatic carbocycles. The third kappa shape index (κ3) is 5.55. The monoisotopic (exact) mass is 310 g/mol. The van der Waals surface area contributed by atoms with E-state index in [1.165, 1.54) is 22.3 Å². The third-order valence-electron chi connectivity index (χ3n) is 3.74. The second kappa shape index (κ2) is 9.14. The van der Waals surface area contributed by atoms with Crippen LogP contribution in [0.25, 0.3) is 0 Å². The summed E-state index contributed by atoms with van der Waals surface area (Å²) in [6, 6.07) is 0. The molecule has 0 bridgehead atoms. The van der Waals surface area contributed by atoms with Crippen molar-refractivity contribution in [2.45, 2.75) is 47.5 Å². The SMILES string of the molecule is C=C(C)/C=C(/C)C(=CCC)C1=CCCN=C(N)/C1=C\C(C)=CC. The van der Waals surface area contributed by atoms with Crippen molar-refractivity contribution in [3.8, 4) is 0 Å². The van der Waals surface area contributed by atoms with Gasteiger partial charge in [0, 0.05) is 12.1 Å². The molecule has 2 nitrogen and oxygen atoms in total. The fraction of sp³-hybridized carbons (Fsp3) is 0.381. The van der Waals surface area contributed by atoms with Crippen molar-refractivity contribution in [3.05, 3.63) is 70.4 Å². The minimum absolute atomic E-state index is 0.625. The van der Waals surface area contributed by atoms with Crippen LogP contribution < -0.4 is 5.73 Å². The van der Waals surface area contributed by atoms with Gasteiger partial charge in [0.2, 0.25) is 0 Å². The Bertz CT molecular complexity index is 635. The lowest BCUT2D eigenvalue weighted by atomic mass is 9.89. The highest BCUT2D eigenvalue weighted by molar-refractivity contribution is 6.03. The second-order valence-corrected chi connectivity index (χ2v) is 5.96. The molecule has 0 aromatic rings. The number of amidine groups is 1. The number of nitrogens with two attached hydrogens (primary N) is 1. The molecule has 0 fully saturated rings. The topological polar surface area (TPSA) is 38.4 Å². The standard InChI is InChI=1S/C21H30N2/c1-7-10-18(17(6)13-15(3)4)19-11-9-12-23-21(22)20(19)14-16(5)8-2/h8,10-11,13-14H,3,7,9,12H2,1-2,4-6H3,(H2,22,23)/b16-8?,17-13-,18-10?,20-14-. The van der Waals surface area contributed by atoms with Crippen LogP contribution in [-0.2, 0) is 0 Å². The molecule has 0 saturated carbocycles. The van der Waals surface area contributed by atoms with E-state index >= 15 is 0 Å².